The third-order valence-corrected chi connectivity index (χ3v) is 2.81. The molecular weight excluding hydrogens is 211 g/mol. The zero-order valence-electron chi connectivity index (χ0n) is 7.44. The monoisotopic (exact) mass is 222 g/mol. The zero-order valence-corrected chi connectivity index (χ0v) is 8.95. The Hall–Kier alpha value is -0.250. The summed E-state index contributed by atoms with van der Waals surface area (Å²) in [6, 6.07) is 0. The van der Waals surface area contributed by atoms with Crippen LogP contribution >= 0.6 is 23.2 Å². The molecule has 0 unspecified atom stereocenters. The van der Waals surface area contributed by atoms with Crippen LogP contribution in [0.2, 0.25) is 0 Å². The molecule has 0 spiro atoms. The highest BCUT2D eigenvalue weighted by atomic mass is 35.5. The lowest BCUT2D eigenvalue weighted by Gasteiger charge is -2.25. The van der Waals surface area contributed by atoms with Crippen LogP contribution in [0.4, 0.5) is 0 Å². The second-order valence-electron chi connectivity index (χ2n) is 2.94. The molecule has 0 bridgehead atoms. The Balaban J connectivity index is 2.44. The van der Waals surface area contributed by atoms with Gasteiger partial charge in [0.1, 0.15) is 0 Å². The van der Waals surface area contributed by atoms with Crippen LogP contribution in [0.15, 0.2) is 10.1 Å². The van der Waals surface area contributed by atoms with Gasteiger partial charge < -0.3 is 5.32 Å². The van der Waals surface area contributed by atoms with Crippen molar-refractivity contribution >= 4 is 29.1 Å². The molecule has 74 valence electrons. The van der Waals surface area contributed by atoms with Crippen LogP contribution in [0.1, 0.15) is 6.42 Å². The number of nitrogens with one attached hydrogen (secondary N) is 1. The maximum Gasteiger partial charge on any atom is 0.233 e. The summed E-state index contributed by atoms with van der Waals surface area (Å²) in [6.07, 6.45) is 0.734. The van der Waals surface area contributed by atoms with E-state index < -0.39 is 0 Å². The predicted molar refractivity (Wildman–Crippen MR) is 53.9 cm³/mol. The van der Waals surface area contributed by atoms with Crippen LogP contribution < -0.4 is 5.32 Å². The molecule has 0 radical (unpaired) electrons. The standard InChI is InChI=1S/C8H12Cl2N2O/c1-11-8(13)5-12-3-2-6(9)7(10)4-12/h2-5H2,1H3,(H,11,13). The summed E-state index contributed by atoms with van der Waals surface area (Å²) in [5.41, 5.74) is 0. The number of carbonyl (C=O) groups excluding carboxylic acids is 1. The summed E-state index contributed by atoms with van der Waals surface area (Å²) in [5.74, 6) is 0.00230. The van der Waals surface area contributed by atoms with E-state index in [1.54, 1.807) is 7.05 Å². The Kier molecular flexibility index (Phi) is 4.03. The molecular formula is C8H12Cl2N2O. The lowest BCUT2D eigenvalue weighted by Crippen LogP contribution is -2.38. The fourth-order valence-electron chi connectivity index (χ4n) is 1.17. The molecule has 1 N–H and O–H groups in total. The highest BCUT2D eigenvalue weighted by molar-refractivity contribution is 6.39. The van der Waals surface area contributed by atoms with Crippen LogP contribution in [0.25, 0.3) is 0 Å². The molecule has 0 saturated heterocycles. The SMILES string of the molecule is CNC(=O)CN1CCC(Cl)=C(Cl)C1. The summed E-state index contributed by atoms with van der Waals surface area (Å²) in [6.45, 7) is 1.76. The minimum atomic E-state index is 0.00230. The largest absolute Gasteiger partial charge is 0.358 e. The van der Waals surface area contributed by atoms with E-state index in [9.17, 15) is 4.79 Å². The fourth-order valence-corrected chi connectivity index (χ4v) is 1.58. The van der Waals surface area contributed by atoms with Crippen LogP contribution in [-0.4, -0.2) is 37.5 Å². The van der Waals surface area contributed by atoms with Crippen LogP contribution in [0.3, 0.4) is 0 Å². The van der Waals surface area contributed by atoms with E-state index in [1.165, 1.54) is 0 Å². The average molecular weight is 223 g/mol. The van der Waals surface area contributed by atoms with Crippen molar-refractivity contribution in [1.29, 1.82) is 0 Å². The second-order valence-corrected chi connectivity index (χ2v) is 3.86. The molecule has 5 heteroatoms. The maximum absolute atomic E-state index is 11.0. The summed E-state index contributed by atoms with van der Waals surface area (Å²) >= 11 is 11.7. The lowest BCUT2D eigenvalue weighted by molar-refractivity contribution is -0.121. The van der Waals surface area contributed by atoms with Gasteiger partial charge in [0.25, 0.3) is 0 Å². The van der Waals surface area contributed by atoms with Gasteiger partial charge in [0.15, 0.2) is 0 Å². The number of likely N-dealkylation sites (N-methyl/N-ethyl adjacent to an activating group) is 1. The minimum absolute atomic E-state index is 0.00230. The Morgan fingerprint density at radius 2 is 2.23 bits per heavy atom. The third kappa shape index (κ3) is 3.18. The quantitative estimate of drug-likeness (QED) is 0.760. The van der Waals surface area contributed by atoms with Gasteiger partial charge in [0.05, 0.1) is 6.54 Å². The molecule has 1 heterocycles. The van der Waals surface area contributed by atoms with E-state index in [0.29, 0.717) is 18.1 Å². The number of rotatable bonds is 2. The van der Waals surface area contributed by atoms with Crippen molar-refractivity contribution in [2.24, 2.45) is 0 Å². The first-order valence-electron chi connectivity index (χ1n) is 4.09. The Bertz CT molecular complexity index is 240. The smallest absolute Gasteiger partial charge is 0.233 e. The second kappa shape index (κ2) is 4.84. The topological polar surface area (TPSA) is 32.3 Å². The van der Waals surface area contributed by atoms with E-state index in [2.05, 4.69) is 5.32 Å². The first-order chi connectivity index (χ1) is 6.13. The number of hydrogen-bond acceptors (Lipinski definition) is 2. The average Bonchev–Trinajstić information content (AvgIpc) is 2.11. The molecule has 13 heavy (non-hydrogen) atoms. The molecule has 1 amide bonds. The molecule has 0 aromatic rings. The van der Waals surface area contributed by atoms with E-state index >= 15 is 0 Å². The Labute approximate surface area is 87.7 Å². The molecule has 3 nitrogen and oxygen atoms in total. The van der Waals surface area contributed by atoms with Gasteiger partial charge in [-0.3, -0.25) is 9.69 Å². The third-order valence-electron chi connectivity index (χ3n) is 1.95. The maximum atomic E-state index is 11.0. The van der Waals surface area contributed by atoms with Crippen LogP contribution in [0.5, 0.6) is 0 Å². The van der Waals surface area contributed by atoms with E-state index in [1.807, 2.05) is 4.90 Å². The summed E-state index contributed by atoms with van der Waals surface area (Å²) < 4.78 is 0. The highest BCUT2D eigenvalue weighted by Gasteiger charge is 2.17. The molecule has 0 fully saturated rings. The number of carbonyl (C=O) groups is 1. The van der Waals surface area contributed by atoms with E-state index in [4.69, 9.17) is 23.2 Å². The van der Waals surface area contributed by atoms with Crippen LogP contribution in [0, 0.1) is 0 Å². The summed E-state index contributed by atoms with van der Waals surface area (Å²) in [4.78, 5) is 13.0. The van der Waals surface area contributed by atoms with Crippen molar-refractivity contribution in [3.63, 3.8) is 0 Å². The summed E-state index contributed by atoms with van der Waals surface area (Å²) in [5, 5.41) is 3.93. The first kappa shape index (κ1) is 10.8. The van der Waals surface area contributed by atoms with Crippen molar-refractivity contribution in [1.82, 2.24) is 10.2 Å². The van der Waals surface area contributed by atoms with Gasteiger partial charge in [-0.05, 0) is 6.42 Å². The molecule has 1 rings (SSSR count). The van der Waals surface area contributed by atoms with Crippen molar-refractivity contribution < 1.29 is 4.79 Å². The van der Waals surface area contributed by atoms with Crippen LogP contribution in [-0.2, 0) is 4.79 Å². The van der Waals surface area contributed by atoms with Crippen molar-refractivity contribution in [2.45, 2.75) is 6.42 Å². The number of nitrogens with zero attached hydrogens (tertiary/aromatic N) is 1. The number of amides is 1. The molecule has 0 saturated carbocycles. The highest BCUT2D eigenvalue weighted by Crippen LogP contribution is 2.23. The lowest BCUT2D eigenvalue weighted by atomic mass is 10.2. The van der Waals surface area contributed by atoms with Gasteiger partial charge in [0, 0.05) is 30.2 Å². The van der Waals surface area contributed by atoms with Gasteiger partial charge in [-0.2, -0.15) is 0 Å². The first-order valence-corrected chi connectivity index (χ1v) is 4.85. The fraction of sp³-hybridized carbons (Fsp3) is 0.625. The number of hydrogen-bond donors (Lipinski definition) is 1. The van der Waals surface area contributed by atoms with Gasteiger partial charge in [0.2, 0.25) is 5.91 Å². The molecule has 0 aromatic carbocycles. The van der Waals surface area contributed by atoms with Gasteiger partial charge >= 0.3 is 0 Å². The predicted octanol–water partition coefficient (Wildman–Crippen LogP) is 1.13. The Morgan fingerprint density at radius 3 is 2.77 bits per heavy atom. The van der Waals surface area contributed by atoms with Gasteiger partial charge in [-0.15, -0.1) is 0 Å². The molecule has 0 atom stereocenters. The number of halogens is 2. The zero-order chi connectivity index (χ0) is 9.84. The minimum Gasteiger partial charge on any atom is -0.358 e. The molecule has 1 aliphatic heterocycles. The van der Waals surface area contributed by atoms with Crippen molar-refractivity contribution in [3.05, 3.63) is 10.1 Å². The normalized spacial score (nSPS) is 19.0. The van der Waals surface area contributed by atoms with E-state index in [0.717, 1.165) is 18.0 Å². The molecule has 1 aliphatic rings. The van der Waals surface area contributed by atoms with Gasteiger partial charge in [-0.25, -0.2) is 0 Å². The molecule has 0 aliphatic carbocycles. The van der Waals surface area contributed by atoms with Gasteiger partial charge in [-0.1, -0.05) is 23.2 Å². The Morgan fingerprint density at radius 1 is 1.54 bits per heavy atom. The van der Waals surface area contributed by atoms with Crippen molar-refractivity contribution in [2.75, 3.05) is 26.7 Å². The van der Waals surface area contributed by atoms with E-state index in [-0.39, 0.29) is 5.91 Å². The molecule has 0 aromatic heterocycles. The van der Waals surface area contributed by atoms with Crippen molar-refractivity contribution in [3.8, 4) is 0 Å². The summed E-state index contributed by atoms with van der Waals surface area (Å²) in [7, 11) is 1.62.